The maximum Gasteiger partial charge on any atom is 0.260 e. The number of carbonyl (C=O) groups is 1. The van der Waals surface area contributed by atoms with Gasteiger partial charge in [-0.2, -0.15) is 0 Å². The SMILES string of the molecule is C[NH+](C)CCN(C(=O)c1ccccc1)c1nc2c(Cl)cccc2s1. The number of nitrogens with zero attached hydrogens (tertiary/aromatic N) is 2. The minimum atomic E-state index is -0.0352. The second-order valence-corrected chi connectivity index (χ2v) is 7.28. The van der Waals surface area contributed by atoms with E-state index in [1.165, 1.54) is 16.2 Å². The van der Waals surface area contributed by atoms with Gasteiger partial charge < -0.3 is 4.90 Å². The zero-order chi connectivity index (χ0) is 17.1. The number of rotatable bonds is 5. The molecule has 1 amide bonds. The standard InChI is InChI=1S/C18H18ClN3OS/c1-21(2)11-12-22(17(23)13-7-4-3-5-8-13)18-20-16-14(19)9-6-10-15(16)24-18/h3-10H,11-12H2,1-2H3/p+1. The van der Waals surface area contributed by atoms with Crippen LogP contribution in [-0.2, 0) is 0 Å². The van der Waals surface area contributed by atoms with Crippen LogP contribution in [-0.4, -0.2) is 38.1 Å². The third-order valence-corrected chi connectivity index (χ3v) is 5.04. The lowest BCUT2D eigenvalue weighted by Gasteiger charge is -2.20. The van der Waals surface area contributed by atoms with Gasteiger partial charge in [0.1, 0.15) is 5.52 Å². The second kappa shape index (κ2) is 7.30. The number of quaternary nitrogens is 1. The Kier molecular flexibility index (Phi) is 5.14. The first-order valence-electron chi connectivity index (χ1n) is 7.77. The first-order chi connectivity index (χ1) is 11.6. The number of halogens is 1. The molecule has 24 heavy (non-hydrogen) atoms. The maximum absolute atomic E-state index is 13.0. The number of likely N-dealkylation sites (N-methyl/N-ethyl adjacent to an activating group) is 1. The highest BCUT2D eigenvalue weighted by Crippen LogP contribution is 2.33. The number of fused-ring (bicyclic) bond motifs is 1. The van der Waals surface area contributed by atoms with Crippen molar-refractivity contribution < 1.29 is 9.69 Å². The van der Waals surface area contributed by atoms with Crippen LogP contribution in [0.2, 0.25) is 5.02 Å². The lowest BCUT2D eigenvalue weighted by atomic mass is 10.2. The molecule has 0 unspecified atom stereocenters. The average molecular weight is 361 g/mol. The average Bonchev–Trinajstić information content (AvgIpc) is 3.01. The van der Waals surface area contributed by atoms with Crippen molar-refractivity contribution in [2.24, 2.45) is 0 Å². The molecule has 2 aromatic carbocycles. The number of hydrogen-bond acceptors (Lipinski definition) is 3. The van der Waals surface area contributed by atoms with E-state index < -0.39 is 0 Å². The van der Waals surface area contributed by atoms with Crippen molar-refractivity contribution in [1.29, 1.82) is 0 Å². The Morgan fingerprint density at radius 2 is 1.92 bits per heavy atom. The van der Waals surface area contributed by atoms with Gasteiger partial charge in [-0.3, -0.25) is 9.69 Å². The van der Waals surface area contributed by atoms with E-state index in [-0.39, 0.29) is 5.91 Å². The second-order valence-electron chi connectivity index (χ2n) is 5.86. The number of aromatic nitrogens is 1. The van der Waals surface area contributed by atoms with E-state index >= 15 is 0 Å². The van der Waals surface area contributed by atoms with E-state index in [4.69, 9.17) is 11.6 Å². The highest BCUT2D eigenvalue weighted by Gasteiger charge is 2.22. The molecule has 4 nitrogen and oxygen atoms in total. The predicted octanol–water partition coefficient (Wildman–Crippen LogP) is 2.74. The molecule has 0 radical (unpaired) electrons. The first kappa shape index (κ1) is 16.9. The summed E-state index contributed by atoms with van der Waals surface area (Å²) in [6, 6.07) is 15.0. The fourth-order valence-electron chi connectivity index (χ4n) is 2.37. The number of nitrogens with one attached hydrogen (secondary N) is 1. The van der Waals surface area contributed by atoms with E-state index in [0.717, 1.165) is 16.8 Å². The van der Waals surface area contributed by atoms with Crippen molar-refractivity contribution in [2.45, 2.75) is 0 Å². The van der Waals surface area contributed by atoms with Crippen LogP contribution in [0.25, 0.3) is 10.2 Å². The minimum absolute atomic E-state index is 0.0352. The van der Waals surface area contributed by atoms with E-state index in [1.54, 1.807) is 4.90 Å². The summed E-state index contributed by atoms with van der Waals surface area (Å²) in [6.45, 7) is 1.44. The summed E-state index contributed by atoms with van der Waals surface area (Å²) in [5.74, 6) is -0.0352. The van der Waals surface area contributed by atoms with Crippen molar-refractivity contribution in [3.8, 4) is 0 Å². The molecule has 1 aromatic heterocycles. The van der Waals surface area contributed by atoms with E-state index in [0.29, 0.717) is 22.3 Å². The number of amides is 1. The molecule has 0 aliphatic heterocycles. The molecule has 0 spiro atoms. The van der Waals surface area contributed by atoms with Gasteiger partial charge in [-0.1, -0.05) is 47.2 Å². The molecule has 0 saturated carbocycles. The van der Waals surface area contributed by atoms with Crippen molar-refractivity contribution in [3.63, 3.8) is 0 Å². The molecule has 0 aliphatic rings. The molecule has 0 aliphatic carbocycles. The Morgan fingerprint density at radius 1 is 1.17 bits per heavy atom. The molecule has 0 saturated heterocycles. The van der Waals surface area contributed by atoms with E-state index in [9.17, 15) is 4.79 Å². The molecule has 0 bridgehead atoms. The van der Waals surface area contributed by atoms with Crippen LogP contribution in [0.15, 0.2) is 48.5 Å². The van der Waals surface area contributed by atoms with Crippen LogP contribution in [0.3, 0.4) is 0 Å². The van der Waals surface area contributed by atoms with Crippen LogP contribution < -0.4 is 9.80 Å². The number of thiazole rings is 1. The van der Waals surface area contributed by atoms with Gasteiger partial charge in [0.15, 0.2) is 5.13 Å². The van der Waals surface area contributed by atoms with Crippen molar-refractivity contribution >= 4 is 44.2 Å². The molecule has 3 aromatic rings. The number of benzene rings is 2. The molecule has 1 N–H and O–H groups in total. The lowest BCUT2D eigenvalue weighted by molar-refractivity contribution is -0.856. The van der Waals surface area contributed by atoms with E-state index in [1.807, 2.05) is 48.5 Å². The Balaban J connectivity index is 1.99. The van der Waals surface area contributed by atoms with Crippen LogP contribution >= 0.6 is 22.9 Å². The first-order valence-corrected chi connectivity index (χ1v) is 8.96. The third-order valence-electron chi connectivity index (χ3n) is 3.69. The highest BCUT2D eigenvalue weighted by atomic mass is 35.5. The van der Waals surface area contributed by atoms with Gasteiger partial charge in [0.25, 0.3) is 5.91 Å². The summed E-state index contributed by atoms with van der Waals surface area (Å²) >= 11 is 7.73. The van der Waals surface area contributed by atoms with Gasteiger partial charge >= 0.3 is 0 Å². The van der Waals surface area contributed by atoms with Crippen LogP contribution in [0.1, 0.15) is 10.4 Å². The van der Waals surface area contributed by atoms with Gasteiger partial charge in [-0.15, -0.1) is 0 Å². The number of carbonyl (C=O) groups excluding carboxylic acids is 1. The summed E-state index contributed by atoms with van der Waals surface area (Å²) in [4.78, 5) is 20.6. The fraction of sp³-hybridized carbons (Fsp3) is 0.222. The quantitative estimate of drug-likeness (QED) is 0.759. The molecular formula is C18H19ClN3OS+. The van der Waals surface area contributed by atoms with Crippen molar-refractivity contribution in [1.82, 2.24) is 4.98 Å². The summed E-state index contributed by atoms with van der Waals surface area (Å²) in [7, 11) is 4.14. The highest BCUT2D eigenvalue weighted by molar-refractivity contribution is 7.22. The number of para-hydroxylation sites is 1. The smallest absolute Gasteiger partial charge is 0.260 e. The zero-order valence-electron chi connectivity index (χ0n) is 13.6. The van der Waals surface area contributed by atoms with Gasteiger partial charge in [-0.25, -0.2) is 4.98 Å². The number of hydrogen-bond donors (Lipinski definition) is 1. The van der Waals surface area contributed by atoms with Crippen LogP contribution in [0.5, 0.6) is 0 Å². The molecular weight excluding hydrogens is 342 g/mol. The van der Waals surface area contributed by atoms with Crippen LogP contribution in [0.4, 0.5) is 5.13 Å². The summed E-state index contributed by atoms with van der Waals surface area (Å²) in [6.07, 6.45) is 0. The predicted molar refractivity (Wildman–Crippen MR) is 100 cm³/mol. The minimum Gasteiger partial charge on any atom is -0.338 e. The Bertz CT molecular complexity index is 848. The molecule has 0 fully saturated rings. The summed E-state index contributed by atoms with van der Waals surface area (Å²) in [5.41, 5.74) is 1.42. The topological polar surface area (TPSA) is 37.6 Å². The van der Waals surface area contributed by atoms with Crippen molar-refractivity contribution in [2.75, 3.05) is 32.1 Å². The molecule has 124 valence electrons. The fourth-order valence-corrected chi connectivity index (χ4v) is 3.66. The Labute approximate surface area is 150 Å². The molecule has 1 heterocycles. The van der Waals surface area contributed by atoms with Gasteiger partial charge in [-0.05, 0) is 24.3 Å². The molecule has 3 rings (SSSR count). The normalized spacial score (nSPS) is 11.2. The van der Waals surface area contributed by atoms with Crippen molar-refractivity contribution in [3.05, 3.63) is 59.1 Å². The van der Waals surface area contributed by atoms with Gasteiger partial charge in [0, 0.05) is 5.56 Å². The van der Waals surface area contributed by atoms with Gasteiger partial charge in [0.05, 0.1) is 36.9 Å². The monoisotopic (exact) mass is 360 g/mol. The van der Waals surface area contributed by atoms with Crippen LogP contribution in [0, 0.1) is 0 Å². The van der Waals surface area contributed by atoms with Gasteiger partial charge in [0.2, 0.25) is 0 Å². The third kappa shape index (κ3) is 3.59. The summed E-state index contributed by atoms with van der Waals surface area (Å²) < 4.78 is 0.987. The van der Waals surface area contributed by atoms with E-state index in [2.05, 4.69) is 19.1 Å². The lowest BCUT2D eigenvalue weighted by Crippen LogP contribution is -3.06. The molecule has 0 atom stereocenters. The number of anilines is 1. The Morgan fingerprint density at radius 3 is 2.58 bits per heavy atom. The maximum atomic E-state index is 13.0. The summed E-state index contributed by atoms with van der Waals surface area (Å²) in [5, 5.41) is 1.30. The zero-order valence-corrected chi connectivity index (χ0v) is 15.2. The Hall–Kier alpha value is -1.95. The largest absolute Gasteiger partial charge is 0.338 e. The molecule has 6 heteroatoms.